The highest BCUT2D eigenvalue weighted by atomic mass is 32.1. The van der Waals surface area contributed by atoms with Crippen LogP contribution in [0.5, 0.6) is 5.88 Å². The number of rotatable bonds is 8. The maximum atomic E-state index is 12.6. The number of thiophene rings is 1. The van der Waals surface area contributed by atoms with Gasteiger partial charge in [0.2, 0.25) is 5.88 Å². The van der Waals surface area contributed by atoms with Crippen LogP contribution in [0.1, 0.15) is 15.4 Å². The summed E-state index contributed by atoms with van der Waals surface area (Å²) in [6.07, 6.45) is -0.617. The quantitative estimate of drug-likeness (QED) is 0.535. The van der Waals surface area contributed by atoms with E-state index in [1.165, 1.54) is 28.4 Å². The fourth-order valence-electron chi connectivity index (χ4n) is 2.48. The van der Waals surface area contributed by atoms with Crippen LogP contribution in [0.15, 0.2) is 47.6 Å². The zero-order valence-corrected chi connectivity index (χ0v) is 16.2. The van der Waals surface area contributed by atoms with Crippen molar-refractivity contribution in [2.24, 2.45) is 5.73 Å². The smallest absolute Gasteiger partial charge is 0.386 e. The summed E-state index contributed by atoms with van der Waals surface area (Å²) < 4.78 is 55.3. The Morgan fingerprint density at radius 1 is 1.23 bits per heavy atom. The summed E-state index contributed by atoms with van der Waals surface area (Å²) >= 11 is 1.41. The molecule has 0 amide bonds. The maximum Gasteiger partial charge on any atom is 0.574 e. The molecule has 8 nitrogen and oxygen atoms in total. The van der Waals surface area contributed by atoms with Crippen LogP contribution in [-0.2, 0) is 19.5 Å². The van der Waals surface area contributed by atoms with Gasteiger partial charge in [-0.25, -0.2) is 18.9 Å². The average molecular weight is 444 g/mol. The van der Waals surface area contributed by atoms with Gasteiger partial charge in [-0.15, -0.1) is 24.5 Å². The highest BCUT2D eigenvalue weighted by molar-refractivity contribution is 7.12. The molecule has 0 aliphatic carbocycles. The second-order valence-electron chi connectivity index (χ2n) is 6.11. The lowest BCUT2D eigenvalue weighted by molar-refractivity contribution is -0.276. The lowest BCUT2D eigenvalue weighted by Crippen LogP contribution is -2.26. The monoisotopic (exact) mass is 444 g/mol. The van der Waals surface area contributed by atoms with Gasteiger partial charge in [-0.3, -0.25) is 9.55 Å². The predicted octanol–water partition coefficient (Wildman–Crippen LogP) is 2.25. The Morgan fingerprint density at radius 3 is 2.63 bits per heavy atom. The van der Waals surface area contributed by atoms with Crippen LogP contribution in [0.25, 0.3) is 0 Å². The predicted molar refractivity (Wildman–Crippen MR) is 99.7 cm³/mol. The van der Waals surface area contributed by atoms with Gasteiger partial charge in [0.1, 0.15) is 6.33 Å². The first-order valence-electron chi connectivity index (χ1n) is 8.52. The van der Waals surface area contributed by atoms with E-state index in [1.807, 2.05) is 12.1 Å². The van der Waals surface area contributed by atoms with Crippen molar-refractivity contribution in [3.05, 3.63) is 68.7 Å². The third-order valence-corrected chi connectivity index (χ3v) is 4.94. The molecule has 13 heteroatoms. The summed E-state index contributed by atoms with van der Waals surface area (Å²) in [6.45, 7) is 0.225. The lowest BCUT2D eigenvalue weighted by Gasteiger charge is -2.07. The highest BCUT2D eigenvalue weighted by Gasteiger charge is 2.31. The van der Waals surface area contributed by atoms with Gasteiger partial charge >= 0.3 is 12.1 Å². The van der Waals surface area contributed by atoms with Crippen LogP contribution in [0, 0.1) is 0 Å². The van der Waals surface area contributed by atoms with Crippen LogP contribution >= 0.6 is 11.3 Å². The van der Waals surface area contributed by atoms with Crippen LogP contribution < -0.4 is 16.2 Å². The standard InChI is InChI=1S/C17H16F4N6O2S/c18-4-11(5-22)8-27-16(28)26(10-25-27)9-14-2-1-13(30-14)3-12-6-24-15(7-23-12)29-17(19,20)21/h1-2,4,6-7,10H,3,5,8-9,22H2/b11-4+. The minimum atomic E-state index is -4.82. The minimum absolute atomic E-state index is 0.0176. The first-order valence-corrected chi connectivity index (χ1v) is 9.33. The van der Waals surface area contributed by atoms with E-state index in [2.05, 4.69) is 19.8 Å². The Balaban J connectivity index is 1.63. The van der Waals surface area contributed by atoms with E-state index in [9.17, 15) is 22.4 Å². The van der Waals surface area contributed by atoms with Gasteiger partial charge in [-0.2, -0.15) is 5.10 Å². The number of nitrogens with zero attached hydrogens (tertiary/aromatic N) is 5. The maximum absolute atomic E-state index is 12.6. The minimum Gasteiger partial charge on any atom is -0.386 e. The van der Waals surface area contributed by atoms with Gasteiger partial charge in [0, 0.05) is 22.7 Å². The fourth-order valence-corrected chi connectivity index (χ4v) is 3.51. The Kier molecular flexibility index (Phi) is 6.62. The molecule has 0 bridgehead atoms. The Hall–Kier alpha value is -3.06. The molecule has 0 atom stereocenters. The molecule has 0 radical (unpaired) electrons. The van der Waals surface area contributed by atoms with Crippen molar-refractivity contribution in [3.63, 3.8) is 0 Å². The van der Waals surface area contributed by atoms with Crippen LogP contribution in [0.2, 0.25) is 0 Å². The molecule has 0 aromatic carbocycles. The van der Waals surface area contributed by atoms with Crippen molar-refractivity contribution >= 4 is 11.3 Å². The largest absolute Gasteiger partial charge is 0.574 e. The molecule has 0 fully saturated rings. The van der Waals surface area contributed by atoms with Crippen molar-refractivity contribution < 1.29 is 22.3 Å². The van der Waals surface area contributed by atoms with E-state index < -0.39 is 17.9 Å². The van der Waals surface area contributed by atoms with Crippen molar-refractivity contribution in [2.45, 2.75) is 25.9 Å². The molecular weight excluding hydrogens is 428 g/mol. The molecular formula is C17H16F4N6O2S. The van der Waals surface area contributed by atoms with Gasteiger partial charge in [0.15, 0.2) is 0 Å². The van der Waals surface area contributed by atoms with Crippen LogP contribution in [0.4, 0.5) is 17.6 Å². The van der Waals surface area contributed by atoms with Gasteiger partial charge in [-0.05, 0) is 17.7 Å². The van der Waals surface area contributed by atoms with E-state index in [-0.39, 0.29) is 25.2 Å². The van der Waals surface area contributed by atoms with Gasteiger partial charge in [0.05, 0.1) is 37.5 Å². The van der Waals surface area contributed by atoms with Crippen LogP contribution in [0.3, 0.4) is 0 Å². The molecule has 160 valence electrons. The molecule has 3 aromatic rings. The number of aromatic nitrogens is 5. The zero-order chi connectivity index (χ0) is 21.7. The molecule has 3 heterocycles. The van der Waals surface area contributed by atoms with Crippen molar-refractivity contribution in [2.75, 3.05) is 6.54 Å². The Bertz CT molecular complexity index is 1070. The third-order valence-electron chi connectivity index (χ3n) is 3.87. The summed E-state index contributed by atoms with van der Waals surface area (Å²) in [5.74, 6) is -0.630. The van der Waals surface area contributed by atoms with E-state index in [4.69, 9.17) is 5.73 Å². The molecule has 2 N–H and O–H groups in total. The first kappa shape index (κ1) is 21.6. The topological polar surface area (TPSA) is 101 Å². The van der Waals surface area contributed by atoms with Gasteiger partial charge in [0.25, 0.3) is 0 Å². The van der Waals surface area contributed by atoms with Gasteiger partial charge < -0.3 is 10.5 Å². The molecule has 30 heavy (non-hydrogen) atoms. The summed E-state index contributed by atoms with van der Waals surface area (Å²) in [6, 6.07) is 3.65. The number of alkyl halides is 3. The van der Waals surface area contributed by atoms with E-state index >= 15 is 0 Å². The van der Waals surface area contributed by atoms with Crippen molar-refractivity contribution in [3.8, 4) is 5.88 Å². The van der Waals surface area contributed by atoms with Crippen LogP contribution in [-0.4, -0.2) is 37.2 Å². The second kappa shape index (κ2) is 9.17. The zero-order valence-electron chi connectivity index (χ0n) is 15.3. The molecule has 0 aliphatic rings. The Morgan fingerprint density at radius 2 is 2.00 bits per heavy atom. The molecule has 0 unspecified atom stereocenters. The molecule has 0 spiro atoms. The number of hydrogen-bond acceptors (Lipinski definition) is 7. The molecule has 0 saturated heterocycles. The summed E-state index contributed by atoms with van der Waals surface area (Å²) in [5, 5.41) is 3.95. The lowest BCUT2D eigenvalue weighted by atomic mass is 10.3. The van der Waals surface area contributed by atoms with Crippen molar-refractivity contribution in [1.82, 2.24) is 24.3 Å². The molecule has 3 rings (SSSR count). The van der Waals surface area contributed by atoms with Gasteiger partial charge in [-0.1, -0.05) is 0 Å². The molecule has 0 aliphatic heterocycles. The third kappa shape index (κ3) is 5.73. The fraction of sp³-hybridized carbons (Fsp3) is 0.294. The van der Waals surface area contributed by atoms with E-state index in [0.29, 0.717) is 18.4 Å². The SMILES string of the molecule is NC/C(=C\F)Cn1ncn(Cc2ccc(Cc3cnc(OC(F)(F)F)cn3)s2)c1=O. The number of halogens is 4. The number of nitrogens with two attached hydrogens (primary N) is 1. The number of ether oxygens (including phenoxy) is 1. The highest BCUT2D eigenvalue weighted by Crippen LogP contribution is 2.22. The molecule has 0 saturated carbocycles. The summed E-state index contributed by atoms with van der Waals surface area (Å²) in [5.41, 5.74) is 5.70. The first-order chi connectivity index (χ1) is 14.3. The van der Waals surface area contributed by atoms with E-state index in [1.54, 1.807) is 0 Å². The molecule has 3 aromatic heterocycles. The number of hydrogen-bond donors (Lipinski definition) is 1. The second-order valence-corrected chi connectivity index (χ2v) is 7.36. The summed E-state index contributed by atoms with van der Waals surface area (Å²) in [7, 11) is 0. The van der Waals surface area contributed by atoms with Crippen molar-refractivity contribution in [1.29, 1.82) is 0 Å². The summed E-state index contributed by atoms with van der Waals surface area (Å²) in [4.78, 5) is 21.6. The van der Waals surface area contributed by atoms with E-state index in [0.717, 1.165) is 20.6 Å². The Labute approximate surface area is 171 Å². The average Bonchev–Trinajstić information content (AvgIpc) is 3.27. The normalized spacial score (nSPS) is 12.4.